The topological polar surface area (TPSA) is 75.7 Å². The average Bonchev–Trinajstić information content (AvgIpc) is 2.68. The fourth-order valence-corrected chi connectivity index (χ4v) is 4.70. The van der Waals surface area contributed by atoms with Gasteiger partial charge in [-0.3, -0.25) is 9.10 Å². The summed E-state index contributed by atoms with van der Waals surface area (Å²) >= 11 is 0. The summed E-state index contributed by atoms with van der Waals surface area (Å²) in [6.45, 7) is 8.16. The van der Waals surface area contributed by atoms with Crippen LogP contribution in [0.15, 0.2) is 48.5 Å². The monoisotopic (exact) mass is 446 g/mol. The molecule has 0 spiro atoms. The Hall–Kier alpha value is -2.54. The molecule has 6 nitrogen and oxygen atoms in total. The molecule has 1 amide bonds. The van der Waals surface area contributed by atoms with Gasteiger partial charge in [-0.2, -0.15) is 0 Å². The van der Waals surface area contributed by atoms with Crippen molar-refractivity contribution >= 4 is 21.6 Å². The highest BCUT2D eigenvalue weighted by Gasteiger charge is 2.31. The Morgan fingerprint density at radius 1 is 1.13 bits per heavy atom. The molecule has 31 heavy (non-hydrogen) atoms. The molecule has 170 valence electrons. The third kappa shape index (κ3) is 7.58. The van der Waals surface area contributed by atoms with Crippen LogP contribution in [-0.4, -0.2) is 39.3 Å². The van der Waals surface area contributed by atoms with Crippen LogP contribution in [0.2, 0.25) is 0 Å². The summed E-state index contributed by atoms with van der Waals surface area (Å²) in [5.41, 5.74) is 2.58. The van der Waals surface area contributed by atoms with Gasteiger partial charge in [0.1, 0.15) is 11.8 Å². The van der Waals surface area contributed by atoms with E-state index in [-0.39, 0.29) is 12.0 Å². The number of nitrogens with zero attached hydrogens (tertiary/aromatic N) is 1. The summed E-state index contributed by atoms with van der Waals surface area (Å²) < 4.78 is 32.0. The van der Waals surface area contributed by atoms with Crippen molar-refractivity contribution in [1.29, 1.82) is 0 Å². The highest BCUT2D eigenvalue weighted by Crippen LogP contribution is 2.23. The zero-order valence-corrected chi connectivity index (χ0v) is 19.9. The van der Waals surface area contributed by atoms with E-state index in [9.17, 15) is 13.2 Å². The lowest BCUT2D eigenvalue weighted by atomic mass is 10.1. The van der Waals surface area contributed by atoms with Crippen molar-refractivity contribution in [2.75, 3.05) is 17.1 Å². The van der Waals surface area contributed by atoms with Crippen molar-refractivity contribution < 1.29 is 17.9 Å². The Bertz CT molecular complexity index is 973. The van der Waals surface area contributed by atoms with E-state index in [1.165, 1.54) is 4.31 Å². The van der Waals surface area contributed by atoms with Gasteiger partial charge in [0, 0.05) is 6.54 Å². The van der Waals surface area contributed by atoms with Crippen LogP contribution in [0.4, 0.5) is 5.69 Å². The summed E-state index contributed by atoms with van der Waals surface area (Å²) in [6, 6.07) is 14.3. The predicted molar refractivity (Wildman–Crippen MR) is 126 cm³/mol. The van der Waals surface area contributed by atoms with Crippen molar-refractivity contribution in [3.05, 3.63) is 59.7 Å². The molecular weight excluding hydrogens is 412 g/mol. The van der Waals surface area contributed by atoms with Crippen molar-refractivity contribution in [2.24, 2.45) is 0 Å². The molecule has 1 atom stereocenters. The molecule has 0 radical (unpaired) electrons. The van der Waals surface area contributed by atoms with Crippen LogP contribution in [-0.2, 0) is 21.2 Å². The van der Waals surface area contributed by atoms with Gasteiger partial charge < -0.3 is 10.1 Å². The number of amides is 1. The number of anilines is 1. The lowest BCUT2D eigenvalue weighted by Crippen LogP contribution is -2.49. The minimum atomic E-state index is -3.62. The van der Waals surface area contributed by atoms with Gasteiger partial charge in [-0.05, 0) is 75.4 Å². The van der Waals surface area contributed by atoms with E-state index >= 15 is 0 Å². The lowest BCUT2D eigenvalue weighted by molar-refractivity contribution is -0.122. The van der Waals surface area contributed by atoms with E-state index < -0.39 is 16.1 Å². The second-order valence-electron chi connectivity index (χ2n) is 8.03. The third-order valence-corrected chi connectivity index (χ3v) is 5.98. The first-order chi connectivity index (χ1) is 14.6. The van der Waals surface area contributed by atoms with Crippen LogP contribution in [0.3, 0.4) is 0 Å². The summed E-state index contributed by atoms with van der Waals surface area (Å²) in [4.78, 5) is 12.9. The van der Waals surface area contributed by atoms with Gasteiger partial charge in [0.15, 0.2) is 0 Å². The number of carbonyl (C=O) groups is 1. The lowest BCUT2D eigenvalue weighted by Gasteiger charge is -2.30. The molecule has 7 heteroatoms. The summed E-state index contributed by atoms with van der Waals surface area (Å²) in [7, 11) is -3.62. The molecule has 0 fully saturated rings. The van der Waals surface area contributed by atoms with Crippen LogP contribution in [0.5, 0.6) is 5.75 Å². The van der Waals surface area contributed by atoms with Crippen molar-refractivity contribution in [3.8, 4) is 5.75 Å². The molecule has 2 rings (SSSR count). The molecule has 0 saturated heterocycles. The first-order valence-corrected chi connectivity index (χ1v) is 12.6. The second-order valence-corrected chi connectivity index (χ2v) is 9.89. The number of ether oxygens (including phenoxy) is 1. The van der Waals surface area contributed by atoms with Gasteiger partial charge in [0.2, 0.25) is 15.9 Å². The normalized spacial score (nSPS) is 12.5. The van der Waals surface area contributed by atoms with Gasteiger partial charge in [-0.25, -0.2) is 8.42 Å². The molecule has 0 heterocycles. The standard InChI is InChI=1S/C24H34N2O4S/c1-6-23(26(31(5,28)29)21-13-7-10-19(4)16-21)24(27)25-15-9-12-20-11-8-14-22(17-20)30-18(2)3/h7-8,10-11,13-14,16-18,23H,6,9,12,15H2,1-5H3,(H,25,27)/t23-/m0/s1. The molecule has 0 saturated carbocycles. The van der Waals surface area contributed by atoms with Crippen LogP contribution in [0.1, 0.15) is 44.7 Å². The molecule has 0 aliphatic heterocycles. The Kier molecular flexibility index (Phi) is 8.92. The maximum absolute atomic E-state index is 12.9. The Morgan fingerprint density at radius 2 is 1.84 bits per heavy atom. The number of hydrogen-bond donors (Lipinski definition) is 1. The Labute approximate surface area is 186 Å². The average molecular weight is 447 g/mol. The summed E-state index contributed by atoms with van der Waals surface area (Å²) in [6.07, 6.45) is 3.17. The smallest absolute Gasteiger partial charge is 0.243 e. The van der Waals surface area contributed by atoms with Gasteiger partial charge in [-0.15, -0.1) is 0 Å². The Balaban J connectivity index is 2.00. The van der Waals surface area contributed by atoms with E-state index in [1.54, 1.807) is 18.2 Å². The van der Waals surface area contributed by atoms with Gasteiger partial charge in [0.25, 0.3) is 0 Å². The van der Waals surface area contributed by atoms with Crippen molar-refractivity contribution in [3.63, 3.8) is 0 Å². The molecule has 1 N–H and O–H groups in total. The maximum atomic E-state index is 12.9. The number of carbonyl (C=O) groups excluding carboxylic acids is 1. The van der Waals surface area contributed by atoms with Gasteiger partial charge in [0.05, 0.1) is 18.0 Å². The first kappa shape index (κ1) is 24.7. The zero-order chi connectivity index (χ0) is 23.0. The number of nitrogens with one attached hydrogen (secondary N) is 1. The summed E-state index contributed by atoms with van der Waals surface area (Å²) in [5, 5.41) is 2.91. The van der Waals surface area contributed by atoms with Crippen LogP contribution in [0, 0.1) is 6.92 Å². The van der Waals surface area contributed by atoms with E-state index in [2.05, 4.69) is 5.32 Å². The first-order valence-electron chi connectivity index (χ1n) is 10.7. The third-order valence-electron chi connectivity index (χ3n) is 4.80. The minimum absolute atomic E-state index is 0.117. The zero-order valence-electron chi connectivity index (χ0n) is 19.1. The fraction of sp³-hybridized carbons (Fsp3) is 0.458. The Morgan fingerprint density at radius 3 is 2.45 bits per heavy atom. The van der Waals surface area contributed by atoms with E-state index in [4.69, 9.17) is 4.74 Å². The van der Waals surface area contributed by atoms with Crippen LogP contribution in [0.25, 0.3) is 0 Å². The molecule has 0 aromatic heterocycles. The molecule has 2 aromatic carbocycles. The molecular formula is C24H34N2O4S. The fourth-order valence-electron chi connectivity index (χ4n) is 3.49. The largest absolute Gasteiger partial charge is 0.491 e. The van der Waals surface area contributed by atoms with E-state index in [1.807, 2.05) is 58.0 Å². The van der Waals surface area contributed by atoms with E-state index in [0.717, 1.165) is 36.0 Å². The van der Waals surface area contributed by atoms with Gasteiger partial charge >= 0.3 is 0 Å². The number of sulfonamides is 1. The number of benzene rings is 2. The highest BCUT2D eigenvalue weighted by atomic mass is 32.2. The van der Waals surface area contributed by atoms with Crippen LogP contribution >= 0.6 is 0 Å². The predicted octanol–water partition coefficient (Wildman–Crippen LogP) is 4.08. The van der Waals surface area contributed by atoms with E-state index in [0.29, 0.717) is 18.7 Å². The molecule has 2 aromatic rings. The van der Waals surface area contributed by atoms with Crippen molar-refractivity contribution in [1.82, 2.24) is 5.32 Å². The van der Waals surface area contributed by atoms with Crippen molar-refractivity contribution in [2.45, 2.75) is 59.1 Å². The molecule has 0 bridgehead atoms. The quantitative estimate of drug-likeness (QED) is 0.528. The minimum Gasteiger partial charge on any atom is -0.491 e. The summed E-state index contributed by atoms with van der Waals surface area (Å²) in [5.74, 6) is 0.552. The molecule has 0 aliphatic rings. The van der Waals surface area contributed by atoms with Gasteiger partial charge in [-0.1, -0.05) is 31.2 Å². The molecule has 0 aliphatic carbocycles. The number of hydrogen-bond acceptors (Lipinski definition) is 4. The highest BCUT2D eigenvalue weighted by molar-refractivity contribution is 7.92. The SMILES string of the molecule is CC[C@@H](C(=O)NCCCc1cccc(OC(C)C)c1)N(c1cccc(C)c1)S(C)(=O)=O. The number of aryl methyl sites for hydroxylation is 2. The second kappa shape index (κ2) is 11.2. The van der Waals surface area contributed by atoms with Crippen LogP contribution < -0.4 is 14.4 Å². The number of rotatable bonds is 11. The molecule has 0 unspecified atom stereocenters. The maximum Gasteiger partial charge on any atom is 0.243 e.